The molecule has 26 heavy (non-hydrogen) atoms. The van der Waals surface area contributed by atoms with Crippen molar-refractivity contribution in [2.45, 2.75) is 40.7 Å². The van der Waals surface area contributed by atoms with Crippen LogP contribution in [0.3, 0.4) is 0 Å². The van der Waals surface area contributed by atoms with Crippen LogP contribution in [-0.2, 0) is 19.1 Å². The number of hydrogen-bond acceptors (Lipinski definition) is 6. The Bertz CT molecular complexity index is 692. The molecular weight excluding hydrogens is 356 g/mol. The molecule has 2 heterocycles. The number of ether oxygens (including phenoxy) is 2. The van der Waals surface area contributed by atoms with Crippen LogP contribution in [0.1, 0.15) is 42.9 Å². The van der Waals surface area contributed by atoms with Gasteiger partial charge in [0.2, 0.25) is 5.91 Å². The van der Waals surface area contributed by atoms with E-state index in [-0.39, 0.29) is 24.5 Å². The molecule has 7 nitrogen and oxygen atoms in total. The Labute approximate surface area is 157 Å². The number of hydrogen-bond donors (Lipinski definition) is 1. The van der Waals surface area contributed by atoms with Gasteiger partial charge in [-0.25, -0.2) is 4.79 Å². The van der Waals surface area contributed by atoms with E-state index in [1.54, 1.807) is 17.9 Å². The third kappa shape index (κ3) is 5.28. The highest BCUT2D eigenvalue weighted by atomic mass is 32.1. The zero-order valence-electron chi connectivity index (χ0n) is 15.9. The first kappa shape index (κ1) is 20.4. The fourth-order valence-electron chi connectivity index (χ4n) is 2.37. The highest BCUT2D eigenvalue weighted by molar-refractivity contribution is 7.18. The van der Waals surface area contributed by atoms with Gasteiger partial charge in [-0.3, -0.25) is 9.59 Å². The summed E-state index contributed by atoms with van der Waals surface area (Å²) in [6, 6.07) is 1.73. The van der Waals surface area contributed by atoms with Crippen molar-refractivity contribution in [3.05, 3.63) is 16.5 Å². The maximum absolute atomic E-state index is 12.3. The van der Waals surface area contributed by atoms with Crippen molar-refractivity contribution >= 4 is 34.1 Å². The highest BCUT2D eigenvalue weighted by Crippen LogP contribution is 2.29. The van der Waals surface area contributed by atoms with Gasteiger partial charge in [0.1, 0.15) is 4.88 Å². The number of thiophene rings is 1. The van der Waals surface area contributed by atoms with Gasteiger partial charge in [0.05, 0.1) is 17.7 Å². The van der Waals surface area contributed by atoms with Gasteiger partial charge in [0, 0.05) is 18.5 Å². The number of nitrogens with zero attached hydrogens (tertiary/aromatic N) is 1. The Morgan fingerprint density at radius 1 is 1.38 bits per heavy atom. The smallest absolute Gasteiger partial charge is 0.349 e. The van der Waals surface area contributed by atoms with Crippen molar-refractivity contribution in [3.8, 4) is 0 Å². The molecule has 0 aliphatic carbocycles. The van der Waals surface area contributed by atoms with Crippen LogP contribution in [-0.4, -0.2) is 55.1 Å². The summed E-state index contributed by atoms with van der Waals surface area (Å²) in [4.78, 5) is 38.5. The Kier molecular flexibility index (Phi) is 6.41. The summed E-state index contributed by atoms with van der Waals surface area (Å²) in [5, 5.41) is 3.39. The molecule has 0 bridgehead atoms. The van der Waals surface area contributed by atoms with Crippen molar-refractivity contribution in [2.24, 2.45) is 5.41 Å². The second-order valence-corrected chi connectivity index (χ2v) is 8.48. The maximum Gasteiger partial charge on any atom is 0.349 e. The van der Waals surface area contributed by atoms with E-state index < -0.39 is 11.4 Å². The first-order valence-corrected chi connectivity index (χ1v) is 9.38. The van der Waals surface area contributed by atoms with Gasteiger partial charge in [0.25, 0.3) is 5.91 Å². The highest BCUT2D eigenvalue weighted by Gasteiger charge is 2.25. The molecule has 1 aromatic rings. The van der Waals surface area contributed by atoms with Crippen LogP contribution in [0.15, 0.2) is 6.07 Å². The average Bonchev–Trinajstić information content (AvgIpc) is 2.91. The number of nitrogens with one attached hydrogen (secondary N) is 1. The van der Waals surface area contributed by atoms with E-state index in [0.29, 0.717) is 35.1 Å². The molecule has 1 N–H and O–H groups in total. The van der Waals surface area contributed by atoms with Gasteiger partial charge in [-0.1, -0.05) is 20.8 Å². The molecule has 0 saturated carbocycles. The van der Waals surface area contributed by atoms with Crippen LogP contribution in [0.5, 0.6) is 0 Å². The van der Waals surface area contributed by atoms with Crippen LogP contribution >= 0.6 is 11.3 Å². The van der Waals surface area contributed by atoms with Crippen molar-refractivity contribution in [1.82, 2.24) is 4.90 Å². The van der Waals surface area contributed by atoms with E-state index >= 15 is 0 Å². The molecule has 1 unspecified atom stereocenters. The van der Waals surface area contributed by atoms with Crippen LogP contribution in [0, 0.1) is 12.3 Å². The Balaban J connectivity index is 1.93. The molecule has 1 aliphatic heterocycles. The molecule has 1 aliphatic rings. The summed E-state index contributed by atoms with van der Waals surface area (Å²) in [7, 11) is 0. The molecule has 8 heteroatoms. The first-order valence-electron chi connectivity index (χ1n) is 8.56. The number of amides is 2. The Hall–Kier alpha value is -1.93. The molecule has 0 aromatic carbocycles. The third-order valence-electron chi connectivity index (χ3n) is 3.94. The fraction of sp³-hybridized carbons (Fsp3) is 0.611. The van der Waals surface area contributed by atoms with Gasteiger partial charge in [-0.2, -0.15) is 0 Å². The lowest BCUT2D eigenvalue weighted by atomic mass is 9.96. The maximum atomic E-state index is 12.3. The normalized spacial score (nSPS) is 17.7. The number of morpholine rings is 1. The zero-order chi connectivity index (χ0) is 19.5. The molecule has 144 valence electrons. The zero-order valence-corrected chi connectivity index (χ0v) is 16.7. The molecular formula is C18H26N2O5S. The quantitative estimate of drug-likeness (QED) is 0.809. The van der Waals surface area contributed by atoms with Crippen LogP contribution in [0.25, 0.3) is 0 Å². The molecule has 2 amide bonds. The summed E-state index contributed by atoms with van der Waals surface area (Å²) in [5.41, 5.74) is 0.178. The van der Waals surface area contributed by atoms with E-state index in [0.717, 1.165) is 11.3 Å². The number of aryl methyl sites for hydroxylation is 1. The molecule has 1 fully saturated rings. The second-order valence-electron chi connectivity index (χ2n) is 7.42. The van der Waals surface area contributed by atoms with Crippen molar-refractivity contribution < 1.29 is 23.9 Å². The minimum Gasteiger partial charge on any atom is -0.451 e. The van der Waals surface area contributed by atoms with E-state index in [1.807, 2.05) is 27.7 Å². The standard InChI is InChI=1S/C18H26N2O5S/c1-11-8-13(19-17(23)18(3,4)5)26-15(11)16(22)25-10-14(21)20-6-7-24-12(2)9-20/h8,12H,6-7,9-10H2,1-5H3,(H,19,23). The molecule has 1 aromatic heterocycles. The third-order valence-corrected chi connectivity index (χ3v) is 5.07. The number of carbonyl (C=O) groups is 3. The predicted molar refractivity (Wildman–Crippen MR) is 99.4 cm³/mol. The number of anilines is 1. The van der Waals surface area contributed by atoms with E-state index in [2.05, 4.69) is 5.32 Å². The predicted octanol–water partition coefficient (Wildman–Crippen LogP) is 2.45. The Morgan fingerprint density at radius 3 is 2.69 bits per heavy atom. The SMILES string of the molecule is Cc1cc(NC(=O)C(C)(C)C)sc1C(=O)OCC(=O)N1CCOC(C)C1. The molecule has 1 saturated heterocycles. The van der Waals surface area contributed by atoms with E-state index in [1.165, 1.54) is 0 Å². The monoisotopic (exact) mass is 382 g/mol. The lowest BCUT2D eigenvalue weighted by Gasteiger charge is -2.30. The first-order chi connectivity index (χ1) is 12.1. The summed E-state index contributed by atoms with van der Waals surface area (Å²) < 4.78 is 10.6. The van der Waals surface area contributed by atoms with E-state index in [9.17, 15) is 14.4 Å². The summed E-state index contributed by atoms with van der Waals surface area (Å²) in [6.45, 7) is 10.3. The van der Waals surface area contributed by atoms with Crippen molar-refractivity contribution in [2.75, 3.05) is 31.6 Å². The van der Waals surface area contributed by atoms with Gasteiger partial charge in [0.15, 0.2) is 6.61 Å². The summed E-state index contributed by atoms with van der Waals surface area (Å²) >= 11 is 1.15. The fourth-order valence-corrected chi connectivity index (χ4v) is 3.34. The molecule has 2 rings (SSSR count). The van der Waals surface area contributed by atoms with Gasteiger partial charge in [-0.15, -0.1) is 11.3 Å². The van der Waals surface area contributed by atoms with Crippen molar-refractivity contribution in [3.63, 3.8) is 0 Å². The summed E-state index contributed by atoms with van der Waals surface area (Å²) in [5.74, 6) is -0.919. The molecule has 1 atom stereocenters. The van der Waals surface area contributed by atoms with Gasteiger partial charge in [-0.05, 0) is 25.5 Å². The van der Waals surface area contributed by atoms with Crippen LogP contribution in [0.4, 0.5) is 5.00 Å². The van der Waals surface area contributed by atoms with Gasteiger partial charge < -0.3 is 19.7 Å². The van der Waals surface area contributed by atoms with Crippen LogP contribution < -0.4 is 5.32 Å². The number of esters is 1. The molecule has 0 spiro atoms. The topological polar surface area (TPSA) is 84.9 Å². The Morgan fingerprint density at radius 2 is 2.08 bits per heavy atom. The number of carbonyl (C=O) groups excluding carboxylic acids is 3. The number of rotatable bonds is 4. The summed E-state index contributed by atoms with van der Waals surface area (Å²) in [6.07, 6.45) is -0.0167. The van der Waals surface area contributed by atoms with Crippen LogP contribution in [0.2, 0.25) is 0 Å². The van der Waals surface area contributed by atoms with Gasteiger partial charge >= 0.3 is 5.97 Å². The minimum atomic E-state index is -0.557. The van der Waals surface area contributed by atoms with E-state index in [4.69, 9.17) is 9.47 Å². The van der Waals surface area contributed by atoms with Crippen molar-refractivity contribution in [1.29, 1.82) is 0 Å². The molecule has 0 radical (unpaired) electrons. The second kappa shape index (κ2) is 8.18. The minimum absolute atomic E-state index is 0.0167. The lowest BCUT2D eigenvalue weighted by Crippen LogP contribution is -2.46. The largest absolute Gasteiger partial charge is 0.451 e. The average molecular weight is 382 g/mol. The lowest BCUT2D eigenvalue weighted by molar-refractivity contribution is -0.141.